The molecule has 3 N–H and O–H groups in total. The van der Waals surface area contributed by atoms with Gasteiger partial charge in [-0.1, -0.05) is 30.3 Å². The average Bonchev–Trinajstić information content (AvgIpc) is 2.54. The molecule has 0 aliphatic carbocycles. The van der Waals surface area contributed by atoms with E-state index in [4.69, 9.17) is 5.73 Å². The number of anilines is 1. The van der Waals surface area contributed by atoms with Crippen LogP contribution >= 0.6 is 22.6 Å². The molecule has 1 aliphatic rings. The monoisotopic (exact) mass is 422 g/mol. The Balaban J connectivity index is 2.07. The number of carbonyl (C=O) groups is 2. The summed E-state index contributed by atoms with van der Waals surface area (Å²) in [5, 5.41) is 10.3. The summed E-state index contributed by atoms with van der Waals surface area (Å²) < 4.78 is 1.03. The van der Waals surface area contributed by atoms with Crippen LogP contribution in [0.15, 0.2) is 54.6 Å². The zero-order valence-electron chi connectivity index (χ0n) is 12.1. The van der Waals surface area contributed by atoms with Crippen LogP contribution in [0.4, 0.5) is 5.69 Å². The number of carbonyl (C=O) groups excluding carboxylic acids is 2. The fourth-order valence-electron chi connectivity index (χ4n) is 2.94. The number of Topliss-reactive ketones (excluding diaryl/α,β-unsaturated/α-hetero) is 1. The second-order valence-corrected chi connectivity index (χ2v) is 6.67. The second kappa shape index (κ2) is 5.93. The van der Waals surface area contributed by atoms with Gasteiger partial charge in [-0.15, -0.1) is 0 Å². The van der Waals surface area contributed by atoms with Crippen LogP contribution in [-0.2, 0) is 4.79 Å². The Hall–Kier alpha value is -1.93. The number of halogens is 1. The van der Waals surface area contributed by atoms with E-state index in [-0.39, 0.29) is 6.54 Å². The Kier molecular flexibility index (Phi) is 4.11. The summed E-state index contributed by atoms with van der Waals surface area (Å²) in [5.41, 5.74) is 4.83. The maximum absolute atomic E-state index is 12.9. The van der Waals surface area contributed by atoms with Crippen molar-refractivity contribution in [2.24, 2.45) is 5.73 Å². The molecule has 2 aromatic carbocycles. The van der Waals surface area contributed by atoms with Crippen molar-refractivity contribution < 1.29 is 14.7 Å². The zero-order valence-corrected chi connectivity index (χ0v) is 14.3. The highest BCUT2D eigenvalue weighted by molar-refractivity contribution is 14.1. The molecular weight excluding hydrogens is 407 g/mol. The van der Waals surface area contributed by atoms with Gasteiger partial charge in [0.25, 0.3) is 5.91 Å². The minimum absolute atomic E-state index is 0.183. The first-order valence-electron chi connectivity index (χ1n) is 7.09. The normalized spacial score (nSPS) is 23.2. The molecule has 0 aromatic heterocycles. The number of aliphatic hydroxyl groups is 1. The Morgan fingerprint density at radius 2 is 1.74 bits per heavy atom. The van der Waals surface area contributed by atoms with Crippen molar-refractivity contribution in [2.45, 2.75) is 11.6 Å². The second-order valence-electron chi connectivity index (χ2n) is 5.43. The van der Waals surface area contributed by atoms with E-state index in [0.29, 0.717) is 11.3 Å². The predicted molar refractivity (Wildman–Crippen MR) is 95.2 cm³/mol. The Bertz CT molecular complexity index is 748. The number of β-amino-alcohol motifs (C(OH)–C–C–N with tert-alkyl or cyclic N) is 1. The van der Waals surface area contributed by atoms with Crippen LogP contribution in [0.1, 0.15) is 10.4 Å². The van der Waals surface area contributed by atoms with Crippen LogP contribution in [0.2, 0.25) is 0 Å². The largest absolute Gasteiger partial charge is 0.388 e. The summed E-state index contributed by atoms with van der Waals surface area (Å²) in [6.07, 6.45) is -1.13. The number of ketones is 1. The Morgan fingerprint density at radius 1 is 1.13 bits per heavy atom. The van der Waals surface area contributed by atoms with Gasteiger partial charge in [0.05, 0.1) is 0 Å². The lowest BCUT2D eigenvalue weighted by molar-refractivity contribution is -0.128. The first kappa shape index (κ1) is 15.9. The summed E-state index contributed by atoms with van der Waals surface area (Å²) in [7, 11) is 0. The molecule has 1 aliphatic heterocycles. The molecule has 1 saturated heterocycles. The number of nitrogens with zero attached hydrogens (tertiary/aromatic N) is 1. The molecule has 1 fully saturated rings. The van der Waals surface area contributed by atoms with E-state index in [9.17, 15) is 14.7 Å². The summed E-state index contributed by atoms with van der Waals surface area (Å²) in [6.45, 7) is 0.183. The van der Waals surface area contributed by atoms with E-state index in [1.54, 1.807) is 35.2 Å². The smallest absolute Gasteiger partial charge is 0.254 e. The van der Waals surface area contributed by atoms with Gasteiger partial charge < -0.3 is 15.7 Å². The van der Waals surface area contributed by atoms with Crippen LogP contribution in [0.25, 0.3) is 0 Å². The van der Waals surface area contributed by atoms with Gasteiger partial charge in [-0.25, -0.2) is 0 Å². The van der Waals surface area contributed by atoms with Gasteiger partial charge in [0.1, 0.15) is 6.10 Å². The minimum atomic E-state index is -1.76. The van der Waals surface area contributed by atoms with E-state index in [1.165, 1.54) is 0 Å². The van der Waals surface area contributed by atoms with Crippen molar-refractivity contribution in [3.63, 3.8) is 0 Å². The lowest BCUT2D eigenvalue weighted by Gasteiger charge is -2.54. The van der Waals surface area contributed by atoms with Gasteiger partial charge in [0.15, 0.2) is 0 Å². The molecule has 0 radical (unpaired) electrons. The van der Waals surface area contributed by atoms with Crippen LogP contribution in [-0.4, -0.2) is 35.0 Å². The third-order valence-corrected chi connectivity index (χ3v) is 4.88. The number of benzene rings is 2. The van der Waals surface area contributed by atoms with E-state index < -0.39 is 23.3 Å². The summed E-state index contributed by atoms with van der Waals surface area (Å²) in [6, 6.07) is 15.8. The number of aliphatic hydroxyl groups excluding tert-OH is 1. The lowest BCUT2D eigenvalue weighted by Crippen LogP contribution is -2.80. The van der Waals surface area contributed by atoms with E-state index in [2.05, 4.69) is 22.6 Å². The van der Waals surface area contributed by atoms with E-state index in [0.717, 1.165) is 3.57 Å². The highest BCUT2D eigenvalue weighted by atomic mass is 127. The number of primary amides is 1. The standard InChI is InChI=1S/C17H15IN2O3/c18-12-6-8-13(9-7-12)20-10-14(21)17(20,16(19)23)15(22)11-4-2-1-3-5-11/h1-9,14,21H,10H2,(H2,19,23). The van der Waals surface area contributed by atoms with Crippen molar-refractivity contribution in [3.8, 4) is 0 Å². The van der Waals surface area contributed by atoms with Crippen molar-refractivity contribution in [2.75, 3.05) is 11.4 Å². The number of hydrogen-bond donors (Lipinski definition) is 2. The van der Waals surface area contributed by atoms with E-state index in [1.807, 2.05) is 24.3 Å². The van der Waals surface area contributed by atoms with Gasteiger partial charge in [-0.05, 0) is 46.9 Å². The number of rotatable bonds is 4. The number of amides is 1. The molecular formula is C17H15IN2O3. The minimum Gasteiger partial charge on any atom is -0.388 e. The van der Waals surface area contributed by atoms with Crippen molar-refractivity contribution in [1.82, 2.24) is 0 Å². The predicted octanol–water partition coefficient (Wildman–Crippen LogP) is 1.58. The van der Waals surface area contributed by atoms with Crippen molar-refractivity contribution in [1.29, 1.82) is 0 Å². The molecule has 2 unspecified atom stereocenters. The van der Waals surface area contributed by atoms with Crippen molar-refractivity contribution >= 4 is 40.0 Å². The Labute approximate surface area is 147 Å². The summed E-state index contributed by atoms with van der Waals surface area (Å²) in [5.74, 6) is -1.33. The zero-order chi connectivity index (χ0) is 16.6. The van der Waals surface area contributed by atoms with Gasteiger partial charge >= 0.3 is 0 Å². The first-order valence-corrected chi connectivity index (χ1v) is 8.17. The molecule has 118 valence electrons. The molecule has 6 heteroatoms. The van der Waals surface area contributed by atoms with Crippen LogP contribution < -0.4 is 10.6 Å². The first-order chi connectivity index (χ1) is 11.0. The molecule has 0 saturated carbocycles. The molecule has 2 aromatic rings. The van der Waals surface area contributed by atoms with E-state index >= 15 is 0 Å². The molecule has 1 heterocycles. The van der Waals surface area contributed by atoms with Gasteiger partial charge in [-0.3, -0.25) is 9.59 Å². The topological polar surface area (TPSA) is 83.6 Å². The molecule has 5 nitrogen and oxygen atoms in total. The summed E-state index contributed by atoms with van der Waals surface area (Å²) >= 11 is 2.17. The average molecular weight is 422 g/mol. The lowest BCUT2D eigenvalue weighted by atomic mass is 9.74. The van der Waals surface area contributed by atoms with Gasteiger partial charge in [-0.2, -0.15) is 0 Å². The molecule has 3 rings (SSSR count). The molecule has 0 bridgehead atoms. The molecule has 1 amide bonds. The fraction of sp³-hybridized carbons (Fsp3) is 0.176. The molecule has 0 spiro atoms. The Morgan fingerprint density at radius 3 is 2.26 bits per heavy atom. The highest BCUT2D eigenvalue weighted by Gasteiger charge is 2.63. The fourth-order valence-corrected chi connectivity index (χ4v) is 3.30. The maximum atomic E-state index is 12.9. The summed E-state index contributed by atoms with van der Waals surface area (Å²) in [4.78, 5) is 26.7. The third kappa shape index (κ3) is 2.42. The number of hydrogen-bond acceptors (Lipinski definition) is 4. The van der Waals surface area contributed by atoms with Crippen LogP contribution in [0.3, 0.4) is 0 Å². The quantitative estimate of drug-likeness (QED) is 0.446. The van der Waals surface area contributed by atoms with Gasteiger partial charge in [0.2, 0.25) is 11.3 Å². The highest BCUT2D eigenvalue weighted by Crippen LogP contribution is 2.38. The van der Waals surface area contributed by atoms with Crippen LogP contribution in [0, 0.1) is 3.57 Å². The van der Waals surface area contributed by atoms with Crippen LogP contribution in [0.5, 0.6) is 0 Å². The van der Waals surface area contributed by atoms with Gasteiger partial charge in [0, 0.05) is 21.4 Å². The molecule has 23 heavy (non-hydrogen) atoms. The maximum Gasteiger partial charge on any atom is 0.254 e. The van der Waals surface area contributed by atoms with Crippen molar-refractivity contribution in [3.05, 3.63) is 63.7 Å². The number of nitrogens with two attached hydrogens (primary N) is 1. The third-order valence-electron chi connectivity index (χ3n) is 4.16. The SMILES string of the molecule is NC(=O)C1(C(=O)c2ccccc2)C(O)CN1c1ccc(I)cc1. The molecule has 2 atom stereocenters.